The van der Waals surface area contributed by atoms with Crippen molar-refractivity contribution in [2.75, 3.05) is 13.1 Å². The van der Waals surface area contributed by atoms with Crippen molar-refractivity contribution in [3.8, 4) is 0 Å². The van der Waals surface area contributed by atoms with Gasteiger partial charge in [-0.05, 0) is 43.0 Å². The Morgan fingerprint density at radius 2 is 2.00 bits per heavy atom. The molecule has 22 heavy (non-hydrogen) atoms. The highest BCUT2D eigenvalue weighted by Crippen LogP contribution is 2.32. The van der Waals surface area contributed by atoms with Crippen LogP contribution in [-0.2, 0) is 4.79 Å². The molecular weight excluding hydrogens is 343 g/mol. The lowest BCUT2D eigenvalue weighted by Gasteiger charge is -2.20. The summed E-state index contributed by atoms with van der Waals surface area (Å²) in [5, 5.41) is 4.32. The molecule has 1 aliphatic carbocycles. The summed E-state index contributed by atoms with van der Waals surface area (Å²) in [6.07, 6.45) is 3.08. The van der Waals surface area contributed by atoms with E-state index >= 15 is 0 Å². The first-order valence-electron chi connectivity index (χ1n) is 7.46. The van der Waals surface area contributed by atoms with Crippen LogP contribution in [0.5, 0.6) is 0 Å². The lowest BCUT2D eigenvalue weighted by atomic mass is 9.94. The summed E-state index contributed by atoms with van der Waals surface area (Å²) < 4.78 is 0. The molecule has 2 rings (SSSR count). The average molecular weight is 366 g/mol. The average Bonchev–Trinajstić information content (AvgIpc) is 2.93. The Balaban J connectivity index is 0.00000242. The number of carbonyl (C=O) groups excluding carboxylic acids is 1. The maximum Gasteiger partial charge on any atom is 0.223 e. The fourth-order valence-corrected chi connectivity index (χ4v) is 3.90. The molecule has 0 radical (unpaired) electrons. The van der Waals surface area contributed by atoms with E-state index in [1.165, 1.54) is 0 Å². The van der Waals surface area contributed by atoms with Crippen molar-refractivity contribution in [1.82, 2.24) is 5.32 Å². The van der Waals surface area contributed by atoms with Crippen molar-refractivity contribution in [2.45, 2.75) is 32.1 Å². The molecule has 1 saturated carbocycles. The summed E-state index contributed by atoms with van der Waals surface area (Å²) in [5.41, 5.74) is 6.63. The van der Waals surface area contributed by atoms with E-state index in [4.69, 9.17) is 28.9 Å². The molecule has 1 aromatic carbocycles. The van der Waals surface area contributed by atoms with E-state index in [-0.39, 0.29) is 30.2 Å². The van der Waals surface area contributed by atoms with Gasteiger partial charge in [0.1, 0.15) is 0 Å². The lowest BCUT2D eigenvalue weighted by Crippen LogP contribution is -2.36. The van der Waals surface area contributed by atoms with E-state index in [9.17, 15) is 4.79 Å². The summed E-state index contributed by atoms with van der Waals surface area (Å²) >= 11 is 12.4. The maximum atomic E-state index is 12.3. The quantitative estimate of drug-likeness (QED) is 0.828. The zero-order valence-corrected chi connectivity index (χ0v) is 15.0. The Morgan fingerprint density at radius 1 is 1.36 bits per heavy atom. The molecule has 0 aliphatic heterocycles. The van der Waals surface area contributed by atoms with Gasteiger partial charge in [0, 0.05) is 28.4 Å². The first-order valence-corrected chi connectivity index (χ1v) is 8.21. The number of halogens is 3. The van der Waals surface area contributed by atoms with Crippen LogP contribution in [0.3, 0.4) is 0 Å². The number of hydrogen-bond donors (Lipinski definition) is 2. The first kappa shape index (κ1) is 19.6. The van der Waals surface area contributed by atoms with E-state index in [2.05, 4.69) is 5.32 Å². The van der Waals surface area contributed by atoms with Gasteiger partial charge in [-0.25, -0.2) is 0 Å². The monoisotopic (exact) mass is 364 g/mol. The second-order valence-electron chi connectivity index (χ2n) is 5.81. The predicted octanol–water partition coefficient (Wildman–Crippen LogP) is 4.01. The number of amides is 1. The van der Waals surface area contributed by atoms with E-state index in [1.807, 2.05) is 25.1 Å². The van der Waals surface area contributed by atoms with Crippen molar-refractivity contribution >= 4 is 41.5 Å². The number of rotatable bonds is 5. The van der Waals surface area contributed by atoms with Crippen molar-refractivity contribution in [2.24, 2.45) is 17.6 Å². The fourth-order valence-electron chi connectivity index (χ4n) is 3.13. The highest BCUT2D eigenvalue weighted by atomic mass is 35.5. The summed E-state index contributed by atoms with van der Waals surface area (Å²) in [5.74, 6) is 0.569. The molecule has 1 fully saturated rings. The van der Waals surface area contributed by atoms with Gasteiger partial charge >= 0.3 is 0 Å². The van der Waals surface area contributed by atoms with E-state index < -0.39 is 0 Å². The third-order valence-electron chi connectivity index (χ3n) is 4.37. The van der Waals surface area contributed by atoms with Gasteiger partial charge in [0.25, 0.3) is 0 Å². The first-order chi connectivity index (χ1) is 10.0. The molecule has 1 aliphatic rings. The van der Waals surface area contributed by atoms with Gasteiger partial charge in [0.05, 0.1) is 0 Å². The lowest BCUT2D eigenvalue weighted by molar-refractivity contribution is -0.126. The highest BCUT2D eigenvalue weighted by Gasteiger charge is 2.31. The number of hydrogen-bond acceptors (Lipinski definition) is 2. The molecule has 3 atom stereocenters. The molecule has 0 heterocycles. The van der Waals surface area contributed by atoms with Crippen molar-refractivity contribution in [1.29, 1.82) is 0 Å². The van der Waals surface area contributed by atoms with E-state index in [0.717, 1.165) is 24.8 Å². The zero-order chi connectivity index (χ0) is 15.4. The number of carbonyl (C=O) groups is 1. The Kier molecular flexibility index (Phi) is 7.98. The van der Waals surface area contributed by atoms with Gasteiger partial charge in [0.15, 0.2) is 0 Å². The van der Waals surface area contributed by atoms with Gasteiger partial charge in [-0.2, -0.15) is 0 Å². The van der Waals surface area contributed by atoms with Crippen LogP contribution in [0, 0.1) is 11.8 Å². The van der Waals surface area contributed by atoms with Crippen LogP contribution >= 0.6 is 35.6 Å². The molecule has 124 valence electrons. The van der Waals surface area contributed by atoms with Crippen LogP contribution in [0.4, 0.5) is 0 Å². The van der Waals surface area contributed by atoms with Crippen LogP contribution in [0.1, 0.15) is 37.7 Å². The highest BCUT2D eigenvalue weighted by molar-refractivity contribution is 6.36. The minimum absolute atomic E-state index is 0. The van der Waals surface area contributed by atoms with Crippen LogP contribution in [-0.4, -0.2) is 19.0 Å². The Bertz CT molecular complexity index is 490. The van der Waals surface area contributed by atoms with Gasteiger partial charge in [-0.15, -0.1) is 12.4 Å². The summed E-state index contributed by atoms with van der Waals surface area (Å²) in [7, 11) is 0. The molecule has 0 aromatic heterocycles. The van der Waals surface area contributed by atoms with E-state index in [1.54, 1.807) is 0 Å². The normalized spacial score (nSPS) is 22.0. The second kappa shape index (κ2) is 8.97. The smallest absolute Gasteiger partial charge is 0.223 e. The van der Waals surface area contributed by atoms with Crippen molar-refractivity contribution in [3.05, 3.63) is 33.8 Å². The Morgan fingerprint density at radius 3 is 2.59 bits per heavy atom. The third-order valence-corrected chi connectivity index (χ3v) is 5.03. The van der Waals surface area contributed by atoms with Crippen molar-refractivity contribution in [3.63, 3.8) is 0 Å². The molecule has 0 saturated heterocycles. The number of nitrogens with two attached hydrogens (primary N) is 1. The molecule has 3 N–H and O–H groups in total. The molecule has 1 amide bonds. The molecule has 6 heteroatoms. The van der Waals surface area contributed by atoms with Crippen LogP contribution in [0.25, 0.3) is 0 Å². The predicted molar refractivity (Wildman–Crippen MR) is 95.0 cm³/mol. The van der Waals surface area contributed by atoms with Crippen LogP contribution in [0.15, 0.2) is 18.2 Å². The summed E-state index contributed by atoms with van der Waals surface area (Å²) in [6.45, 7) is 3.14. The van der Waals surface area contributed by atoms with Gasteiger partial charge in [-0.3, -0.25) is 4.79 Å². The summed E-state index contributed by atoms with van der Waals surface area (Å²) in [4.78, 5) is 12.3. The van der Waals surface area contributed by atoms with Gasteiger partial charge in [-0.1, -0.05) is 42.6 Å². The zero-order valence-electron chi connectivity index (χ0n) is 12.6. The molecular formula is C16H23Cl3N2O. The maximum absolute atomic E-state index is 12.3. The second-order valence-corrected chi connectivity index (χ2v) is 6.63. The molecule has 0 spiro atoms. The van der Waals surface area contributed by atoms with Crippen molar-refractivity contribution < 1.29 is 4.79 Å². The molecule has 3 nitrogen and oxygen atoms in total. The number of benzene rings is 1. The SMILES string of the molecule is CC(CNC(=O)[C@@H]1CCC[C@@H]1CN)c1c(Cl)cccc1Cl.Cl. The standard InChI is InChI=1S/C16H22Cl2N2O.ClH/c1-10(15-13(17)6-3-7-14(15)18)9-20-16(21)12-5-2-4-11(12)8-19;/h3,6-7,10-12H,2,4-5,8-9,19H2,1H3,(H,20,21);1H/t10?,11-,12-;/m1./s1. The topological polar surface area (TPSA) is 55.1 Å². The van der Waals surface area contributed by atoms with Gasteiger partial charge in [0.2, 0.25) is 5.91 Å². The Hall–Kier alpha value is -0.480. The molecule has 1 aromatic rings. The molecule has 0 bridgehead atoms. The molecule has 1 unspecified atom stereocenters. The largest absolute Gasteiger partial charge is 0.355 e. The van der Waals surface area contributed by atoms with Gasteiger partial charge < -0.3 is 11.1 Å². The number of nitrogens with one attached hydrogen (secondary N) is 1. The van der Waals surface area contributed by atoms with Crippen LogP contribution in [0.2, 0.25) is 10.0 Å². The van der Waals surface area contributed by atoms with Crippen LogP contribution < -0.4 is 11.1 Å². The minimum Gasteiger partial charge on any atom is -0.355 e. The minimum atomic E-state index is 0. The Labute approximate surface area is 148 Å². The third kappa shape index (κ3) is 4.51. The summed E-state index contributed by atoms with van der Waals surface area (Å²) in [6, 6.07) is 5.47. The fraction of sp³-hybridized carbons (Fsp3) is 0.562. The van der Waals surface area contributed by atoms with E-state index in [0.29, 0.717) is 29.1 Å².